The molecule has 1 amide bonds. The number of sulfonamides is 1. The van der Waals surface area contributed by atoms with Crippen LogP contribution in [0.4, 0.5) is 0 Å². The van der Waals surface area contributed by atoms with Crippen molar-refractivity contribution in [1.29, 1.82) is 0 Å². The number of nitrogens with one attached hydrogen (secondary N) is 2. The molecule has 0 spiro atoms. The molecule has 1 aliphatic carbocycles. The number of carbonyl (C=O) groups is 1. The van der Waals surface area contributed by atoms with E-state index in [-0.39, 0.29) is 33.6 Å². The van der Waals surface area contributed by atoms with Crippen molar-refractivity contribution < 1.29 is 17.9 Å². The summed E-state index contributed by atoms with van der Waals surface area (Å²) in [5.74, 6) is -0.0986. The van der Waals surface area contributed by atoms with Crippen molar-refractivity contribution in [1.82, 2.24) is 10.0 Å². The van der Waals surface area contributed by atoms with Crippen molar-refractivity contribution in [2.24, 2.45) is 0 Å². The molecule has 0 radical (unpaired) electrons. The van der Waals surface area contributed by atoms with E-state index in [2.05, 4.69) is 22.2 Å². The van der Waals surface area contributed by atoms with Crippen LogP contribution in [0.5, 0.6) is 5.75 Å². The maximum Gasteiger partial charge on any atom is 0.251 e. The molecule has 3 rings (SSSR count). The Hall–Kier alpha value is -2.38. The molecule has 0 aromatic heterocycles. The van der Waals surface area contributed by atoms with Crippen LogP contribution < -0.4 is 14.8 Å². The largest absolute Gasteiger partial charge is 0.495 e. The number of rotatable bonds is 8. The number of ether oxygens (including phenoxy) is 1. The third-order valence-electron chi connectivity index (χ3n) is 4.93. The summed E-state index contributed by atoms with van der Waals surface area (Å²) in [5, 5.41) is 2.96. The lowest BCUT2D eigenvalue weighted by Crippen LogP contribution is -2.33. The molecule has 2 aromatic rings. The number of benzene rings is 2. The van der Waals surface area contributed by atoms with Crippen molar-refractivity contribution in [3.8, 4) is 5.75 Å². The highest BCUT2D eigenvalue weighted by atomic mass is 32.2. The highest BCUT2D eigenvalue weighted by molar-refractivity contribution is 7.89. The van der Waals surface area contributed by atoms with E-state index >= 15 is 0 Å². The normalized spacial score (nSPS) is 15.3. The quantitative estimate of drug-likeness (QED) is 0.711. The van der Waals surface area contributed by atoms with Gasteiger partial charge in [-0.2, -0.15) is 0 Å². The Bertz CT molecular complexity index is 952. The van der Waals surface area contributed by atoms with Crippen LogP contribution in [0.1, 0.15) is 42.6 Å². The van der Waals surface area contributed by atoms with Gasteiger partial charge in [0.05, 0.1) is 7.11 Å². The van der Waals surface area contributed by atoms with Gasteiger partial charge in [-0.05, 0) is 50.5 Å². The minimum absolute atomic E-state index is 0.0164. The lowest BCUT2D eigenvalue weighted by atomic mass is 9.96. The van der Waals surface area contributed by atoms with Gasteiger partial charge in [-0.25, -0.2) is 13.1 Å². The fourth-order valence-electron chi connectivity index (χ4n) is 3.26. The first kappa shape index (κ1) is 20.4. The Morgan fingerprint density at radius 2 is 1.82 bits per heavy atom. The predicted octanol–water partition coefficient (Wildman–Crippen LogP) is 2.84. The summed E-state index contributed by atoms with van der Waals surface area (Å²) in [4.78, 5) is 12.6. The van der Waals surface area contributed by atoms with E-state index in [9.17, 15) is 13.2 Å². The summed E-state index contributed by atoms with van der Waals surface area (Å²) in [6.07, 6.45) is 2.05. The second kappa shape index (κ2) is 7.93. The minimum atomic E-state index is -3.79. The smallest absolute Gasteiger partial charge is 0.251 e. The van der Waals surface area contributed by atoms with Crippen LogP contribution >= 0.6 is 0 Å². The summed E-state index contributed by atoms with van der Waals surface area (Å²) in [5.41, 5.74) is 1.49. The van der Waals surface area contributed by atoms with Gasteiger partial charge in [-0.15, -0.1) is 0 Å². The lowest BCUT2D eigenvalue weighted by molar-refractivity contribution is 0.0949. The maximum atomic E-state index is 12.7. The molecule has 0 bridgehead atoms. The highest BCUT2D eigenvalue weighted by Gasteiger charge is 2.44. The average Bonchev–Trinajstić information content (AvgIpc) is 3.46. The Labute approximate surface area is 166 Å². The second-order valence-electron chi connectivity index (χ2n) is 7.47. The molecule has 1 aliphatic rings. The molecule has 1 fully saturated rings. The number of hydrogen-bond donors (Lipinski definition) is 2. The fourth-order valence-corrected chi connectivity index (χ4v) is 4.71. The van der Waals surface area contributed by atoms with Gasteiger partial charge in [0, 0.05) is 23.6 Å². The topological polar surface area (TPSA) is 84.5 Å². The number of methoxy groups -OCH3 is 1. The van der Waals surface area contributed by atoms with Crippen LogP contribution in [0.2, 0.25) is 0 Å². The zero-order valence-electron chi connectivity index (χ0n) is 16.4. The molecule has 2 N–H and O–H groups in total. The van der Waals surface area contributed by atoms with E-state index in [0.29, 0.717) is 6.54 Å². The van der Waals surface area contributed by atoms with Crippen LogP contribution in [-0.2, 0) is 15.4 Å². The third kappa shape index (κ3) is 4.36. The van der Waals surface area contributed by atoms with Gasteiger partial charge in [0.15, 0.2) is 0 Å². The Balaban J connectivity index is 1.78. The molecule has 6 nitrogen and oxygen atoms in total. The number of hydrogen-bond acceptors (Lipinski definition) is 4. The molecule has 0 atom stereocenters. The Morgan fingerprint density at radius 1 is 1.14 bits per heavy atom. The minimum Gasteiger partial charge on any atom is -0.495 e. The molecule has 0 heterocycles. The molecule has 2 aromatic carbocycles. The van der Waals surface area contributed by atoms with Crippen molar-refractivity contribution in [2.45, 2.75) is 43.0 Å². The molecule has 150 valence electrons. The van der Waals surface area contributed by atoms with E-state index in [4.69, 9.17) is 4.74 Å². The summed E-state index contributed by atoms with van der Waals surface area (Å²) in [6, 6.07) is 14.3. The average molecular weight is 403 g/mol. The van der Waals surface area contributed by atoms with Gasteiger partial charge in [0.2, 0.25) is 10.0 Å². The van der Waals surface area contributed by atoms with Gasteiger partial charge in [-0.1, -0.05) is 30.3 Å². The van der Waals surface area contributed by atoms with Gasteiger partial charge in [0.1, 0.15) is 10.6 Å². The Kier molecular flexibility index (Phi) is 5.76. The van der Waals surface area contributed by atoms with E-state index in [1.54, 1.807) is 19.9 Å². The molecule has 28 heavy (non-hydrogen) atoms. The highest BCUT2D eigenvalue weighted by Crippen LogP contribution is 2.47. The van der Waals surface area contributed by atoms with Crippen molar-refractivity contribution >= 4 is 15.9 Å². The standard InChI is InChI=1S/C21H26N2O4S/c1-15(2)23-28(25,26)19-13-16(9-10-18(19)27-3)20(24)22-14-21(11-12-21)17-7-5-4-6-8-17/h4-10,13,15,23H,11-12,14H2,1-3H3,(H,22,24). The zero-order valence-corrected chi connectivity index (χ0v) is 17.2. The number of carbonyl (C=O) groups excluding carboxylic acids is 1. The summed E-state index contributed by atoms with van der Waals surface area (Å²) >= 11 is 0. The lowest BCUT2D eigenvalue weighted by Gasteiger charge is -2.17. The van der Waals surface area contributed by atoms with Crippen molar-refractivity contribution in [2.75, 3.05) is 13.7 Å². The first-order chi connectivity index (χ1) is 13.3. The Morgan fingerprint density at radius 3 is 2.39 bits per heavy atom. The molecule has 0 saturated heterocycles. The van der Waals surface area contributed by atoms with E-state index in [1.165, 1.54) is 24.8 Å². The fraction of sp³-hybridized carbons (Fsp3) is 0.381. The van der Waals surface area contributed by atoms with Crippen LogP contribution in [0.15, 0.2) is 53.4 Å². The van der Waals surface area contributed by atoms with E-state index in [1.807, 2.05) is 18.2 Å². The number of amides is 1. The molecule has 0 unspecified atom stereocenters. The van der Waals surface area contributed by atoms with Crippen molar-refractivity contribution in [3.05, 3.63) is 59.7 Å². The molecular weight excluding hydrogens is 376 g/mol. The van der Waals surface area contributed by atoms with E-state index < -0.39 is 10.0 Å². The van der Waals surface area contributed by atoms with Crippen LogP contribution in [0.25, 0.3) is 0 Å². The second-order valence-corrected chi connectivity index (χ2v) is 9.15. The molecule has 7 heteroatoms. The van der Waals surface area contributed by atoms with Gasteiger partial charge >= 0.3 is 0 Å². The monoisotopic (exact) mass is 402 g/mol. The predicted molar refractivity (Wildman–Crippen MR) is 108 cm³/mol. The summed E-state index contributed by atoms with van der Waals surface area (Å²) < 4.78 is 32.9. The molecule has 1 saturated carbocycles. The van der Waals surface area contributed by atoms with Crippen LogP contribution in [-0.4, -0.2) is 34.0 Å². The van der Waals surface area contributed by atoms with Crippen LogP contribution in [0, 0.1) is 0 Å². The van der Waals surface area contributed by atoms with Crippen molar-refractivity contribution in [3.63, 3.8) is 0 Å². The summed E-state index contributed by atoms with van der Waals surface area (Å²) in [6.45, 7) is 3.99. The third-order valence-corrected chi connectivity index (χ3v) is 6.61. The van der Waals surface area contributed by atoms with E-state index in [0.717, 1.165) is 12.8 Å². The van der Waals surface area contributed by atoms with Gasteiger partial charge < -0.3 is 10.1 Å². The van der Waals surface area contributed by atoms with Crippen LogP contribution in [0.3, 0.4) is 0 Å². The first-order valence-electron chi connectivity index (χ1n) is 9.31. The van der Waals surface area contributed by atoms with Gasteiger partial charge in [0.25, 0.3) is 5.91 Å². The van der Waals surface area contributed by atoms with Gasteiger partial charge in [-0.3, -0.25) is 4.79 Å². The first-order valence-corrected chi connectivity index (χ1v) is 10.8. The zero-order chi connectivity index (χ0) is 20.4. The molecular formula is C21H26N2O4S. The SMILES string of the molecule is COc1ccc(C(=O)NCC2(c3ccccc3)CC2)cc1S(=O)(=O)NC(C)C. The summed E-state index contributed by atoms with van der Waals surface area (Å²) in [7, 11) is -2.38. The molecule has 0 aliphatic heterocycles. The maximum absolute atomic E-state index is 12.7.